The second-order valence-corrected chi connectivity index (χ2v) is 7.25. The van der Waals surface area contributed by atoms with Crippen molar-refractivity contribution >= 4 is 40.1 Å². The van der Waals surface area contributed by atoms with Crippen LogP contribution in [0, 0.1) is 0 Å². The van der Waals surface area contributed by atoms with E-state index in [0.29, 0.717) is 46.0 Å². The van der Waals surface area contributed by atoms with Gasteiger partial charge in [0.05, 0.1) is 22.5 Å². The Morgan fingerprint density at radius 1 is 1.06 bits per heavy atom. The second-order valence-electron chi connectivity index (χ2n) is 6.84. The van der Waals surface area contributed by atoms with E-state index in [1.807, 2.05) is 37.3 Å². The number of benzene rings is 2. The quantitative estimate of drug-likeness (QED) is 0.348. The monoisotopic (exact) mass is 449 g/mol. The number of para-hydroxylation sites is 1. The number of H-pyrrole nitrogens is 1. The molecule has 0 aliphatic carbocycles. The van der Waals surface area contributed by atoms with Crippen LogP contribution in [0.4, 0.5) is 5.82 Å². The number of anilines is 1. The number of halogens is 1. The summed E-state index contributed by atoms with van der Waals surface area (Å²) in [5.41, 5.74) is 1.13. The van der Waals surface area contributed by atoms with E-state index in [2.05, 4.69) is 25.6 Å². The molecule has 0 saturated carbocycles. The minimum atomic E-state index is -0.302. The molecule has 0 atom stereocenters. The SMILES string of the molecule is CCNC(=O)CNc1ncnc2[nH]cc(C(=O)c3ccc(Oc4ccccc4)cc3Cl)c12. The first-order valence-corrected chi connectivity index (χ1v) is 10.3. The Kier molecular flexibility index (Phi) is 6.32. The van der Waals surface area contributed by atoms with E-state index in [-0.39, 0.29) is 23.3 Å². The van der Waals surface area contributed by atoms with Gasteiger partial charge in [-0.05, 0) is 31.2 Å². The number of carbonyl (C=O) groups is 2. The highest BCUT2D eigenvalue weighted by atomic mass is 35.5. The maximum atomic E-state index is 13.3. The summed E-state index contributed by atoms with van der Waals surface area (Å²) in [6.07, 6.45) is 2.92. The number of hydrogen-bond acceptors (Lipinski definition) is 6. The minimum Gasteiger partial charge on any atom is -0.457 e. The van der Waals surface area contributed by atoms with Crippen molar-refractivity contribution in [2.24, 2.45) is 0 Å². The van der Waals surface area contributed by atoms with E-state index >= 15 is 0 Å². The molecule has 9 heteroatoms. The summed E-state index contributed by atoms with van der Waals surface area (Å²) in [6, 6.07) is 14.2. The molecule has 0 fully saturated rings. The first kappa shape index (κ1) is 21.3. The van der Waals surface area contributed by atoms with E-state index in [1.54, 1.807) is 24.4 Å². The second kappa shape index (κ2) is 9.49. The van der Waals surface area contributed by atoms with E-state index in [1.165, 1.54) is 6.33 Å². The fraction of sp³-hybridized carbons (Fsp3) is 0.130. The molecule has 2 heterocycles. The molecule has 1 amide bonds. The Labute approximate surface area is 189 Å². The molecule has 0 aliphatic heterocycles. The van der Waals surface area contributed by atoms with Crippen molar-refractivity contribution in [1.82, 2.24) is 20.3 Å². The van der Waals surface area contributed by atoms with E-state index < -0.39 is 0 Å². The van der Waals surface area contributed by atoms with Crippen molar-refractivity contribution in [2.45, 2.75) is 6.92 Å². The highest BCUT2D eigenvalue weighted by molar-refractivity contribution is 6.35. The van der Waals surface area contributed by atoms with Crippen LogP contribution in [0.25, 0.3) is 11.0 Å². The molecule has 0 aliphatic rings. The number of hydrogen-bond donors (Lipinski definition) is 3. The third-order valence-corrected chi connectivity index (χ3v) is 4.98. The predicted octanol–water partition coefficient (Wildman–Crippen LogP) is 4.18. The molecule has 0 unspecified atom stereocenters. The molecule has 0 saturated heterocycles. The van der Waals surface area contributed by atoms with Crippen molar-refractivity contribution in [3.05, 3.63) is 77.2 Å². The molecule has 2 aromatic carbocycles. The summed E-state index contributed by atoms with van der Waals surface area (Å²) in [5, 5.41) is 6.41. The number of aromatic amines is 1. The number of ketones is 1. The zero-order valence-corrected chi connectivity index (χ0v) is 17.9. The van der Waals surface area contributed by atoms with Gasteiger partial charge >= 0.3 is 0 Å². The zero-order valence-electron chi connectivity index (χ0n) is 17.2. The van der Waals surface area contributed by atoms with Gasteiger partial charge in [0.25, 0.3) is 0 Å². The number of carbonyl (C=O) groups excluding carboxylic acids is 2. The number of aromatic nitrogens is 3. The summed E-state index contributed by atoms with van der Waals surface area (Å²) in [5.74, 6) is 1.08. The molecule has 32 heavy (non-hydrogen) atoms. The number of likely N-dealkylation sites (N-methyl/N-ethyl adjacent to an activating group) is 1. The fourth-order valence-electron chi connectivity index (χ4n) is 3.21. The lowest BCUT2D eigenvalue weighted by atomic mass is 10.0. The third-order valence-electron chi connectivity index (χ3n) is 4.67. The molecule has 0 spiro atoms. The maximum absolute atomic E-state index is 13.3. The Morgan fingerprint density at radius 3 is 2.62 bits per heavy atom. The van der Waals surface area contributed by atoms with Crippen molar-refractivity contribution in [3.8, 4) is 11.5 Å². The molecule has 4 rings (SSSR count). The van der Waals surface area contributed by atoms with Crippen molar-refractivity contribution in [2.75, 3.05) is 18.4 Å². The Morgan fingerprint density at radius 2 is 1.88 bits per heavy atom. The number of ether oxygens (including phenoxy) is 1. The van der Waals surface area contributed by atoms with E-state index in [4.69, 9.17) is 16.3 Å². The van der Waals surface area contributed by atoms with Gasteiger partial charge in [-0.3, -0.25) is 9.59 Å². The molecule has 3 N–H and O–H groups in total. The average molecular weight is 450 g/mol. The van der Waals surface area contributed by atoms with Gasteiger partial charge < -0.3 is 20.4 Å². The van der Waals surface area contributed by atoms with Crippen LogP contribution in [0.1, 0.15) is 22.8 Å². The van der Waals surface area contributed by atoms with Crippen LogP contribution in [0.2, 0.25) is 5.02 Å². The lowest BCUT2D eigenvalue weighted by Gasteiger charge is -2.10. The number of nitrogens with one attached hydrogen (secondary N) is 3. The van der Waals surface area contributed by atoms with Crippen LogP contribution >= 0.6 is 11.6 Å². The lowest BCUT2D eigenvalue weighted by molar-refractivity contribution is -0.119. The summed E-state index contributed by atoms with van der Waals surface area (Å²) in [4.78, 5) is 36.5. The fourth-order valence-corrected chi connectivity index (χ4v) is 3.47. The largest absolute Gasteiger partial charge is 0.457 e. The van der Waals surface area contributed by atoms with Gasteiger partial charge in [-0.2, -0.15) is 0 Å². The van der Waals surface area contributed by atoms with Crippen LogP contribution in [0.5, 0.6) is 11.5 Å². The van der Waals surface area contributed by atoms with E-state index in [9.17, 15) is 9.59 Å². The molecular weight excluding hydrogens is 430 g/mol. The summed E-state index contributed by atoms with van der Waals surface area (Å²) in [6.45, 7) is 2.38. The smallest absolute Gasteiger partial charge is 0.239 e. The summed E-state index contributed by atoms with van der Waals surface area (Å²) >= 11 is 6.43. The Hall–Kier alpha value is -3.91. The van der Waals surface area contributed by atoms with Gasteiger partial charge in [0.15, 0.2) is 5.78 Å². The number of fused-ring (bicyclic) bond motifs is 1. The summed E-state index contributed by atoms with van der Waals surface area (Å²) < 4.78 is 5.78. The van der Waals surface area contributed by atoms with Gasteiger partial charge in [-0.1, -0.05) is 29.8 Å². The summed E-state index contributed by atoms with van der Waals surface area (Å²) in [7, 11) is 0. The third kappa shape index (κ3) is 4.55. The lowest BCUT2D eigenvalue weighted by Crippen LogP contribution is -2.29. The first-order valence-electron chi connectivity index (χ1n) is 9.96. The number of nitrogens with zero attached hydrogens (tertiary/aromatic N) is 2. The van der Waals surface area contributed by atoms with Gasteiger partial charge in [0, 0.05) is 24.4 Å². The Balaban J connectivity index is 1.61. The molecule has 0 radical (unpaired) electrons. The molecule has 0 bridgehead atoms. The molecular formula is C23H20ClN5O3. The topological polar surface area (TPSA) is 109 Å². The molecule has 2 aromatic heterocycles. The van der Waals surface area contributed by atoms with Crippen LogP contribution in [-0.2, 0) is 4.79 Å². The molecule has 8 nitrogen and oxygen atoms in total. The zero-order chi connectivity index (χ0) is 22.5. The normalized spacial score (nSPS) is 10.7. The van der Waals surface area contributed by atoms with Gasteiger partial charge in [-0.25, -0.2) is 9.97 Å². The van der Waals surface area contributed by atoms with Gasteiger partial charge in [-0.15, -0.1) is 0 Å². The molecule has 162 valence electrons. The maximum Gasteiger partial charge on any atom is 0.239 e. The van der Waals surface area contributed by atoms with Crippen LogP contribution < -0.4 is 15.4 Å². The minimum absolute atomic E-state index is 0.0189. The average Bonchev–Trinajstić information content (AvgIpc) is 3.23. The van der Waals surface area contributed by atoms with Crippen molar-refractivity contribution < 1.29 is 14.3 Å². The standard InChI is InChI=1S/C23H20ClN5O3/c1-2-25-19(30)12-27-23-20-17(11-26-22(20)28-13-29-23)21(31)16-9-8-15(10-18(16)24)32-14-6-4-3-5-7-14/h3-11,13H,2,12H2,1H3,(H,25,30)(H2,26,27,28,29). The van der Waals surface area contributed by atoms with E-state index in [0.717, 1.165) is 0 Å². The highest BCUT2D eigenvalue weighted by Gasteiger charge is 2.21. The number of rotatable bonds is 8. The van der Waals surface area contributed by atoms with Crippen LogP contribution in [0.15, 0.2) is 61.1 Å². The molecule has 4 aromatic rings. The van der Waals surface area contributed by atoms with Crippen LogP contribution in [-0.4, -0.2) is 39.7 Å². The van der Waals surface area contributed by atoms with Gasteiger partial charge in [0.1, 0.15) is 29.3 Å². The predicted molar refractivity (Wildman–Crippen MR) is 122 cm³/mol. The van der Waals surface area contributed by atoms with Crippen LogP contribution in [0.3, 0.4) is 0 Å². The first-order chi connectivity index (χ1) is 15.6. The van der Waals surface area contributed by atoms with Crippen molar-refractivity contribution in [3.63, 3.8) is 0 Å². The number of amides is 1. The highest BCUT2D eigenvalue weighted by Crippen LogP contribution is 2.31. The van der Waals surface area contributed by atoms with Crippen molar-refractivity contribution in [1.29, 1.82) is 0 Å². The Bertz CT molecular complexity index is 1270. The van der Waals surface area contributed by atoms with Gasteiger partial charge in [0.2, 0.25) is 5.91 Å².